The van der Waals surface area contributed by atoms with Crippen LogP contribution in [0.3, 0.4) is 0 Å². The van der Waals surface area contributed by atoms with Crippen LogP contribution >= 0.6 is 0 Å². The summed E-state index contributed by atoms with van der Waals surface area (Å²) in [7, 11) is 0. The van der Waals surface area contributed by atoms with Crippen molar-refractivity contribution in [2.75, 3.05) is 18.4 Å². The Morgan fingerprint density at radius 2 is 1.74 bits per heavy atom. The number of rotatable bonds is 8. The first-order valence-corrected chi connectivity index (χ1v) is 14.8. The van der Waals surface area contributed by atoms with Gasteiger partial charge in [0.2, 0.25) is 0 Å². The molecule has 2 aliphatic rings. The van der Waals surface area contributed by atoms with Gasteiger partial charge < -0.3 is 20.5 Å². The SMILES string of the molecule is Cc1cccc(NC(=O)N2CCN(C(=O)OC3CC(C)CCC3C(C)C)C2C(=O)NC(CC(=O)O)c2ccc(F)cc2)c1. The molecule has 5 unspecified atom stereocenters. The molecule has 1 saturated carbocycles. The third-order valence-corrected chi connectivity index (χ3v) is 8.35. The number of nitrogens with zero attached hydrogens (tertiary/aromatic N) is 2. The summed E-state index contributed by atoms with van der Waals surface area (Å²) in [5, 5.41) is 15.0. The van der Waals surface area contributed by atoms with Gasteiger partial charge in [-0.05, 0) is 72.9 Å². The van der Waals surface area contributed by atoms with Gasteiger partial charge >= 0.3 is 18.1 Å². The highest BCUT2D eigenvalue weighted by Crippen LogP contribution is 2.36. The Kier molecular flexibility index (Phi) is 10.3. The molecule has 3 N–H and O–H groups in total. The van der Waals surface area contributed by atoms with Crippen molar-refractivity contribution in [1.82, 2.24) is 15.1 Å². The molecule has 2 aromatic carbocycles. The largest absolute Gasteiger partial charge is 0.481 e. The van der Waals surface area contributed by atoms with E-state index in [2.05, 4.69) is 31.4 Å². The summed E-state index contributed by atoms with van der Waals surface area (Å²) < 4.78 is 19.6. The lowest BCUT2D eigenvalue weighted by atomic mass is 9.75. The number of hydrogen-bond acceptors (Lipinski definition) is 5. The third-order valence-electron chi connectivity index (χ3n) is 8.35. The minimum atomic E-state index is -1.40. The summed E-state index contributed by atoms with van der Waals surface area (Å²) in [6.07, 6.45) is -0.219. The van der Waals surface area contributed by atoms with Crippen LogP contribution in [-0.4, -0.2) is 64.3 Å². The monoisotopic (exact) mass is 596 g/mol. The van der Waals surface area contributed by atoms with Crippen molar-refractivity contribution in [2.45, 2.75) is 71.7 Å². The number of aliphatic carboxylic acids is 1. The molecule has 2 fully saturated rings. The highest BCUT2D eigenvalue weighted by atomic mass is 19.1. The van der Waals surface area contributed by atoms with E-state index in [1.165, 1.54) is 34.1 Å². The van der Waals surface area contributed by atoms with Crippen LogP contribution in [-0.2, 0) is 14.3 Å². The molecule has 1 heterocycles. The number of carboxylic acid groups (broad SMARTS) is 1. The maximum Gasteiger partial charge on any atom is 0.412 e. The number of amides is 4. The van der Waals surface area contributed by atoms with Crippen molar-refractivity contribution in [1.29, 1.82) is 0 Å². The van der Waals surface area contributed by atoms with Gasteiger partial charge in [-0.3, -0.25) is 19.4 Å². The van der Waals surface area contributed by atoms with E-state index in [1.54, 1.807) is 18.2 Å². The highest BCUT2D eigenvalue weighted by molar-refractivity contribution is 5.96. The fourth-order valence-corrected chi connectivity index (χ4v) is 6.05. The standard InChI is InChI=1S/C32H41FN4O6/c1-19(2)25-13-8-21(4)17-27(25)43-32(42)37-15-14-36(31(41)34-24-7-5-6-20(3)16-24)30(37)29(40)35-26(18-28(38)39)22-9-11-23(33)12-10-22/h5-7,9-12,16,19,21,25-27,30H,8,13-15,17-18H2,1-4H3,(H,34,41)(H,35,40)(H,38,39). The first-order valence-electron chi connectivity index (χ1n) is 14.8. The Bertz CT molecular complexity index is 1320. The molecule has 0 bridgehead atoms. The first kappa shape index (κ1) is 31.8. The summed E-state index contributed by atoms with van der Waals surface area (Å²) >= 11 is 0. The van der Waals surface area contributed by atoms with E-state index in [1.807, 2.05) is 13.0 Å². The zero-order chi connectivity index (χ0) is 31.3. The van der Waals surface area contributed by atoms with Crippen LogP contribution in [0.25, 0.3) is 0 Å². The van der Waals surface area contributed by atoms with E-state index in [4.69, 9.17) is 4.74 Å². The zero-order valence-corrected chi connectivity index (χ0v) is 25.1. The molecule has 0 aromatic heterocycles. The van der Waals surface area contributed by atoms with Crippen molar-refractivity contribution in [3.8, 4) is 0 Å². The summed E-state index contributed by atoms with van der Waals surface area (Å²) in [5.74, 6) is -1.58. The Labute approximate surface area is 251 Å². The van der Waals surface area contributed by atoms with Gasteiger partial charge in [-0.1, -0.05) is 51.5 Å². The number of aryl methyl sites for hydroxylation is 1. The molecule has 4 amide bonds. The van der Waals surface area contributed by atoms with Crippen molar-refractivity contribution in [2.24, 2.45) is 17.8 Å². The summed E-state index contributed by atoms with van der Waals surface area (Å²) in [5.41, 5.74) is 1.82. The number of carbonyl (C=O) groups is 4. The molecular formula is C32H41FN4O6. The number of anilines is 1. The molecule has 43 heavy (non-hydrogen) atoms. The summed E-state index contributed by atoms with van der Waals surface area (Å²) in [4.78, 5) is 55.2. The maximum absolute atomic E-state index is 13.9. The number of urea groups is 1. The quantitative estimate of drug-likeness (QED) is 0.367. The predicted octanol–water partition coefficient (Wildman–Crippen LogP) is 5.54. The average Bonchev–Trinajstić information content (AvgIpc) is 3.39. The van der Waals surface area contributed by atoms with Crippen LogP contribution in [0, 0.1) is 30.5 Å². The summed E-state index contributed by atoms with van der Waals surface area (Å²) in [6, 6.07) is 10.7. The number of carboxylic acids is 1. The normalized spacial score (nSPS) is 22.7. The third kappa shape index (κ3) is 8.03. The lowest BCUT2D eigenvalue weighted by Gasteiger charge is -2.38. The second-order valence-corrected chi connectivity index (χ2v) is 12.0. The first-order chi connectivity index (χ1) is 20.4. The van der Waals surface area contributed by atoms with E-state index in [9.17, 15) is 28.7 Å². The minimum Gasteiger partial charge on any atom is -0.481 e. The predicted molar refractivity (Wildman–Crippen MR) is 159 cm³/mol. The number of carbonyl (C=O) groups excluding carboxylic acids is 3. The highest BCUT2D eigenvalue weighted by Gasteiger charge is 2.45. The Balaban J connectivity index is 1.60. The lowest BCUT2D eigenvalue weighted by Crippen LogP contribution is -2.55. The van der Waals surface area contributed by atoms with E-state index in [-0.39, 0.29) is 25.1 Å². The van der Waals surface area contributed by atoms with Gasteiger partial charge in [0.25, 0.3) is 5.91 Å². The molecule has 232 valence electrons. The van der Waals surface area contributed by atoms with Crippen molar-refractivity contribution in [3.05, 3.63) is 65.5 Å². The van der Waals surface area contributed by atoms with Gasteiger partial charge in [0.1, 0.15) is 11.9 Å². The van der Waals surface area contributed by atoms with E-state index >= 15 is 0 Å². The Morgan fingerprint density at radius 3 is 2.40 bits per heavy atom. The molecule has 10 nitrogen and oxygen atoms in total. The van der Waals surface area contributed by atoms with Crippen molar-refractivity contribution < 1.29 is 33.4 Å². The van der Waals surface area contributed by atoms with E-state index in [0.717, 1.165) is 18.4 Å². The molecule has 0 spiro atoms. The smallest absolute Gasteiger partial charge is 0.412 e. The minimum absolute atomic E-state index is 0.0485. The van der Waals surface area contributed by atoms with Gasteiger partial charge in [0, 0.05) is 18.8 Å². The van der Waals surface area contributed by atoms with Gasteiger partial charge in [-0.25, -0.2) is 14.0 Å². The van der Waals surface area contributed by atoms with Crippen LogP contribution in [0.2, 0.25) is 0 Å². The van der Waals surface area contributed by atoms with Crippen molar-refractivity contribution in [3.63, 3.8) is 0 Å². The number of nitrogens with one attached hydrogen (secondary N) is 2. The number of halogens is 1. The second-order valence-electron chi connectivity index (χ2n) is 12.0. The van der Waals surface area contributed by atoms with Crippen LogP contribution in [0.1, 0.15) is 63.6 Å². The Morgan fingerprint density at radius 1 is 1.05 bits per heavy atom. The Hall–Kier alpha value is -4.15. The zero-order valence-electron chi connectivity index (χ0n) is 25.1. The maximum atomic E-state index is 13.9. The average molecular weight is 597 g/mol. The fourth-order valence-electron chi connectivity index (χ4n) is 6.05. The van der Waals surface area contributed by atoms with Gasteiger partial charge in [-0.15, -0.1) is 0 Å². The topological polar surface area (TPSA) is 128 Å². The number of benzene rings is 2. The summed E-state index contributed by atoms with van der Waals surface area (Å²) in [6.45, 7) is 8.31. The fraction of sp³-hybridized carbons (Fsp3) is 0.500. The molecule has 1 aliphatic heterocycles. The lowest BCUT2D eigenvalue weighted by molar-refractivity contribution is -0.138. The van der Waals surface area contributed by atoms with Crippen LogP contribution < -0.4 is 10.6 Å². The molecule has 4 rings (SSSR count). The molecule has 2 aromatic rings. The van der Waals surface area contributed by atoms with Gasteiger partial charge in [0.15, 0.2) is 6.17 Å². The number of hydrogen-bond donors (Lipinski definition) is 3. The molecule has 1 saturated heterocycles. The van der Waals surface area contributed by atoms with E-state index in [0.29, 0.717) is 29.5 Å². The van der Waals surface area contributed by atoms with Crippen LogP contribution in [0.5, 0.6) is 0 Å². The molecule has 11 heteroatoms. The van der Waals surface area contributed by atoms with Gasteiger partial charge in [0.05, 0.1) is 12.5 Å². The molecule has 1 aliphatic carbocycles. The van der Waals surface area contributed by atoms with Crippen molar-refractivity contribution >= 4 is 29.7 Å². The van der Waals surface area contributed by atoms with E-state index < -0.39 is 48.4 Å². The van der Waals surface area contributed by atoms with Gasteiger partial charge in [-0.2, -0.15) is 0 Å². The molecule has 0 radical (unpaired) electrons. The molecular weight excluding hydrogens is 555 g/mol. The van der Waals surface area contributed by atoms with Crippen LogP contribution in [0.15, 0.2) is 48.5 Å². The second kappa shape index (κ2) is 13.9. The van der Waals surface area contributed by atoms with Crippen LogP contribution in [0.4, 0.5) is 19.7 Å². The number of ether oxygens (including phenoxy) is 1. The molecule has 5 atom stereocenters.